The van der Waals surface area contributed by atoms with Gasteiger partial charge in [-0.1, -0.05) is 26.0 Å². The SMILES string of the molecule is CC(C)C[C@H](N)C(=O)N[C@@H](CC(N)=O)C(=O)N1CCC[C@H]1C(=O)N1CCC[C@H]1C(=O)N1CCC[C@H]1C(=O)N[C@@H](Cc1ccc(O)cc1)C(=O)N[C@@H](C)C(=O)N[C@@H](CC(=O)O)C(=O)N[C@@H](Cc1cnc[nH]1)C(=O)NCC(=O)O. The number of H-pyrrole nitrogens is 1. The minimum Gasteiger partial charge on any atom is -0.508 e. The van der Waals surface area contributed by atoms with E-state index in [4.69, 9.17) is 16.6 Å². The molecule has 77 heavy (non-hydrogen) atoms. The number of carboxylic acid groups (broad SMARTS) is 2. The van der Waals surface area contributed by atoms with E-state index in [-0.39, 0.29) is 63.4 Å². The maximum Gasteiger partial charge on any atom is 0.322 e. The summed E-state index contributed by atoms with van der Waals surface area (Å²) in [7, 11) is 0. The number of phenolic OH excluding ortho intramolecular Hbond substituents is 1. The number of carbonyl (C=O) groups is 12. The van der Waals surface area contributed by atoms with Gasteiger partial charge in [0.15, 0.2) is 0 Å². The summed E-state index contributed by atoms with van der Waals surface area (Å²) in [6, 6.07) is -6.09. The number of aromatic nitrogens is 2. The second-order valence-corrected chi connectivity index (χ2v) is 19.8. The predicted molar refractivity (Wildman–Crippen MR) is 268 cm³/mol. The van der Waals surface area contributed by atoms with Crippen LogP contribution in [0.1, 0.15) is 89.8 Å². The fraction of sp³-hybridized carbons (Fsp3) is 0.571. The van der Waals surface area contributed by atoms with Gasteiger partial charge in [0.1, 0.15) is 60.6 Å². The number of carboxylic acids is 2. The van der Waals surface area contributed by atoms with Crippen molar-refractivity contribution in [3.8, 4) is 5.75 Å². The van der Waals surface area contributed by atoms with Gasteiger partial charge in [0.05, 0.1) is 25.2 Å². The molecule has 5 rings (SSSR count). The average Bonchev–Trinajstić information content (AvgIpc) is 4.25. The zero-order valence-corrected chi connectivity index (χ0v) is 43.0. The van der Waals surface area contributed by atoms with E-state index in [1.165, 1.54) is 58.4 Å². The van der Waals surface area contributed by atoms with Gasteiger partial charge < -0.3 is 78.4 Å². The second kappa shape index (κ2) is 27.6. The summed E-state index contributed by atoms with van der Waals surface area (Å²) in [5.74, 6) is -11.1. The van der Waals surface area contributed by atoms with Gasteiger partial charge in [-0.15, -0.1) is 0 Å². The van der Waals surface area contributed by atoms with E-state index in [9.17, 15) is 67.7 Å². The first kappa shape index (κ1) is 59.7. The highest BCUT2D eigenvalue weighted by molar-refractivity contribution is 6.00. The smallest absolute Gasteiger partial charge is 0.322 e. The molecular formula is C49H69N13O15. The number of rotatable bonds is 26. The molecule has 3 aliphatic heterocycles. The summed E-state index contributed by atoms with van der Waals surface area (Å²) in [5, 5.41) is 43.0. The lowest BCUT2D eigenvalue weighted by Gasteiger charge is -2.35. The third-order valence-corrected chi connectivity index (χ3v) is 13.4. The number of primary amides is 1. The van der Waals surface area contributed by atoms with Gasteiger partial charge in [0.25, 0.3) is 0 Å². The van der Waals surface area contributed by atoms with Crippen LogP contribution in [0.4, 0.5) is 0 Å². The Bertz CT molecular complexity index is 2510. The average molecular weight is 1080 g/mol. The Morgan fingerprint density at radius 1 is 0.649 bits per heavy atom. The standard InChI is InChI=1S/C49H69N13O15/c1-25(2)17-30(50)42(70)59-34(20-38(51)64)47(75)61-15-5-8-36(61)49(77)62-16-6-9-37(62)48(76)60-14-4-7-35(60)46(74)58-31(18-27-10-12-29(63)13-11-27)44(72)55-26(3)41(69)56-33(21-39(65)66)45(73)57-32(19-28-22-52-24-54-28)43(71)53-23-40(67)68/h10-13,22,24-26,30-37,63H,4-9,14-21,23,50H2,1-3H3,(H2,51,64)(H,52,54)(H,53,71)(H,55,72)(H,56,69)(H,57,73)(H,58,74)(H,59,70)(H,65,66)(H,67,68)/t26-,30-,31-,32-,33-,34-,35-,36-,37-/m0/s1. The Hall–Kier alpha value is -8.17. The monoisotopic (exact) mass is 1080 g/mol. The van der Waals surface area contributed by atoms with Gasteiger partial charge in [-0.25, -0.2) is 4.98 Å². The molecule has 3 aliphatic rings. The number of likely N-dealkylation sites (tertiary alicyclic amines) is 3. The van der Waals surface area contributed by atoms with Crippen molar-refractivity contribution in [2.45, 2.75) is 146 Å². The lowest BCUT2D eigenvalue weighted by atomic mass is 10.0. The highest BCUT2D eigenvalue weighted by atomic mass is 16.4. The van der Waals surface area contributed by atoms with Crippen molar-refractivity contribution in [3.05, 3.63) is 48.0 Å². The molecule has 28 nitrogen and oxygen atoms in total. The number of phenols is 1. The van der Waals surface area contributed by atoms with Gasteiger partial charge in [0.2, 0.25) is 59.1 Å². The number of hydrogen-bond donors (Lipinski definition) is 12. The number of aromatic amines is 1. The summed E-state index contributed by atoms with van der Waals surface area (Å²) in [4.78, 5) is 170. The highest BCUT2D eigenvalue weighted by Gasteiger charge is 2.47. The van der Waals surface area contributed by atoms with Crippen LogP contribution >= 0.6 is 0 Å². The number of nitrogens with zero attached hydrogens (tertiary/aromatic N) is 4. The summed E-state index contributed by atoms with van der Waals surface area (Å²) >= 11 is 0. The molecule has 4 heterocycles. The van der Waals surface area contributed by atoms with Crippen molar-refractivity contribution in [1.82, 2.24) is 56.6 Å². The van der Waals surface area contributed by atoms with Crippen molar-refractivity contribution in [2.24, 2.45) is 17.4 Å². The molecular weight excluding hydrogens is 1010 g/mol. The lowest BCUT2D eigenvalue weighted by Crippen LogP contribution is -2.60. The lowest BCUT2D eigenvalue weighted by molar-refractivity contribution is -0.151. The van der Waals surface area contributed by atoms with Crippen LogP contribution in [-0.2, 0) is 70.4 Å². The molecule has 0 unspecified atom stereocenters. The number of aromatic hydroxyl groups is 1. The zero-order chi connectivity index (χ0) is 56.7. The Morgan fingerprint density at radius 3 is 1.77 bits per heavy atom. The summed E-state index contributed by atoms with van der Waals surface area (Å²) in [6.45, 7) is 4.54. The molecule has 1 aromatic heterocycles. The Balaban J connectivity index is 1.27. The van der Waals surface area contributed by atoms with Crippen molar-refractivity contribution in [2.75, 3.05) is 26.2 Å². The third kappa shape index (κ3) is 16.9. The molecule has 0 bridgehead atoms. The van der Waals surface area contributed by atoms with Crippen LogP contribution in [0.15, 0.2) is 36.8 Å². The molecule has 3 fully saturated rings. The van der Waals surface area contributed by atoms with Crippen LogP contribution in [0.25, 0.3) is 0 Å². The van der Waals surface area contributed by atoms with Crippen molar-refractivity contribution < 1.29 is 72.9 Å². The fourth-order valence-corrected chi connectivity index (χ4v) is 9.54. The molecule has 3 saturated heterocycles. The molecule has 420 valence electrons. The quantitative estimate of drug-likeness (QED) is 0.0430. The number of nitrogens with one attached hydrogen (secondary N) is 7. The molecule has 10 amide bonds. The Kier molecular flexibility index (Phi) is 21.4. The van der Waals surface area contributed by atoms with Crippen LogP contribution in [0.3, 0.4) is 0 Å². The number of hydrogen-bond acceptors (Lipinski definition) is 15. The van der Waals surface area contributed by atoms with Gasteiger partial charge in [-0.2, -0.15) is 0 Å². The van der Waals surface area contributed by atoms with Crippen LogP contribution < -0.4 is 43.4 Å². The van der Waals surface area contributed by atoms with Gasteiger partial charge in [-0.3, -0.25) is 57.5 Å². The van der Waals surface area contributed by atoms with E-state index in [1.807, 2.05) is 13.8 Å². The molecule has 0 aliphatic carbocycles. The predicted octanol–water partition coefficient (Wildman–Crippen LogP) is -3.76. The molecule has 0 spiro atoms. The van der Waals surface area contributed by atoms with E-state index in [1.54, 1.807) is 0 Å². The fourth-order valence-electron chi connectivity index (χ4n) is 9.54. The first-order chi connectivity index (χ1) is 36.4. The maximum atomic E-state index is 14.5. The van der Waals surface area contributed by atoms with Gasteiger partial charge >= 0.3 is 11.9 Å². The molecule has 9 atom stereocenters. The third-order valence-electron chi connectivity index (χ3n) is 13.4. The number of amides is 10. The molecule has 0 saturated carbocycles. The number of aliphatic carboxylic acids is 2. The topological polar surface area (TPSA) is 428 Å². The zero-order valence-electron chi connectivity index (χ0n) is 43.0. The van der Waals surface area contributed by atoms with Crippen molar-refractivity contribution in [3.63, 3.8) is 0 Å². The Morgan fingerprint density at radius 2 is 1.19 bits per heavy atom. The summed E-state index contributed by atoms with van der Waals surface area (Å²) in [6.07, 6.45) is 2.80. The number of imidazole rings is 1. The van der Waals surface area contributed by atoms with Crippen LogP contribution in [-0.4, -0.2) is 192 Å². The second-order valence-electron chi connectivity index (χ2n) is 19.8. The van der Waals surface area contributed by atoms with Gasteiger partial charge in [0, 0.05) is 44.4 Å². The Labute approximate surface area is 442 Å². The first-order valence-corrected chi connectivity index (χ1v) is 25.4. The van der Waals surface area contributed by atoms with E-state index in [0.717, 1.165) is 0 Å². The van der Waals surface area contributed by atoms with Crippen molar-refractivity contribution >= 4 is 71.0 Å². The van der Waals surface area contributed by atoms with E-state index in [2.05, 4.69) is 41.9 Å². The molecule has 28 heteroatoms. The molecule has 0 radical (unpaired) electrons. The van der Waals surface area contributed by atoms with E-state index in [0.29, 0.717) is 36.9 Å². The summed E-state index contributed by atoms with van der Waals surface area (Å²) in [5.41, 5.74) is 12.3. The molecule has 2 aromatic rings. The van der Waals surface area contributed by atoms with Gasteiger partial charge in [-0.05, 0) is 75.5 Å². The first-order valence-electron chi connectivity index (χ1n) is 25.4. The summed E-state index contributed by atoms with van der Waals surface area (Å²) < 4.78 is 0. The van der Waals surface area contributed by atoms with Crippen LogP contribution in [0.5, 0.6) is 5.75 Å². The minimum atomic E-state index is -1.82. The number of nitrogens with two attached hydrogens (primary N) is 2. The number of carbonyl (C=O) groups excluding carboxylic acids is 10. The maximum absolute atomic E-state index is 14.5. The highest BCUT2D eigenvalue weighted by Crippen LogP contribution is 2.29. The molecule has 14 N–H and O–H groups in total. The largest absolute Gasteiger partial charge is 0.508 e. The minimum absolute atomic E-state index is 0.0562. The van der Waals surface area contributed by atoms with E-state index >= 15 is 0 Å². The molecule has 1 aromatic carbocycles. The number of benzene rings is 1. The van der Waals surface area contributed by atoms with Crippen LogP contribution in [0, 0.1) is 5.92 Å². The van der Waals surface area contributed by atoms with Crippen molar-refractivity contribution in [1.29, 1.82) is 0 Å². The normalized spacial score (nSPS) is 19.4. The van der Waals surface area contributed by atoms with E-state index < -0.39 is 145 Å². The van der Waals surface area contributed by atoms with Crippen LogP contribution in [0.2, 0.25) is 0 Å².